The summed E-state index contributed by atoms with van der Waals surface area (Å²) in [5.41, 5.74) is -0.298. The van der Waals surface area contributed by atoms with Crippen LogP contribution in [-0.4, -0.2) is 23.3 Å². The predicted molar refractivity (Wildman–Crippen MR) is 78.6 cm³/mol. The van der Waals surface area contributed by atoms with Gasteiger partial charge in [-0.25, -0.2) is 12.8 Å². The SMILES string of the molecule is O=S(=O)(Nc1cc(O)ccc1F)c1cnn(C2CCCC2)c1. The Morgan fingerprint density at radius 2 is 2.05 bits per heavy atom. The molecule has 0 bridgehead atoms. The van der Waals surface area contributed by atoms with Crippen LogP contribution in [-0.2, 0) is 10.0 Å². The Kier molecular flexibility index (Phi) is 3.78. The minimum absolute atomic E-state index is 0.0258. The number of sulfonamides is 1. The highest BCUT2D eigenvalue weighted by atomic mass is 32.2. The van der Waals surface area contributed by atoms with Crippen molar-refractivity contribution in [3.05, 3.63) is 36.4 Å². The zero-order valence-corrected chi connectivity index (χ0v) is 12.6. The molecule has 0 saturated heterocycles. The van der Waals surface area contributed by atoms with Crippen LogP contribution in [0.15, 0.2) is 35.5 Å². The number of aromatic nitrogens is 2. The van der Waals surface area contributed by atoms with Crippen molar-refractivity contribution in [1.29, 1.82) is 0 Å². The van der Waals surface area contributed by atoms with E-state index in [2.05, 4.69) is 9.82 Å². The normalized spacial score (nSPS) is 16.0. The molecule has 0 unspecified atom stereocenters. The van der Waals surface area contributed by atoms with E-state index in [0.717, 1.165) is 43.9 Å². The Morgan fingerprint density at radius 3 is 2.77 bits per heavy atom. The van der Waals surface area contributed by atoms with Crippen molar-refractivity contribution in [2.75, 3.05) is 4.72 Å². The first-order chi connectivity index (χ1) is 10.5. The number of nitrogens with zero attached hydrogens (tertiary/aromatic N) is 2. The lowest BCUT2D eigenvalue weighted by molar-refractivity contribution is 0.466. The molecule has 0 spiro atoms. The maximum atomic E-state index is 13.6. The highest BCUT2D eigenvalue weighted by Gasteiger charge is 2.22. The molecule has 1 heterocycles. The van der Waals surface area contributed by atoms with Gasteiger partial charge in [-0.1, -0.05) is 12.8 Å². The van der Waals surface area contributed by atoms with Crippen molar-refractivity contribution in [3.63, 3.8) is 0 Å². The number of rotatable bonds is 4. The van der Waals surface area contributed by atoms with E-state index < -0.39 is 15.8 Å². The fourth-order valence-corrected chi connectivity index (χ4v) is 3.62. The minimum Gasteiger partial charge on any atom is -0.508 e. The average molecular weight is 325 g/mol. The molecular weight excluding hydrogens is 309 g/mol. The second-order valence-electron chi connectivity index (χ2n) is 5.36. The molecular formula is C14H16FN3O3S. The zero-order chi connectivity index (χ0) is 15.7. The third-order valence-electron chi connectivity index (χ3n) is 3.78. The van der Waals surface area contributed by atoms with E-state index in [9.17, 15) is 17.9 Å². The van der Waals surface area contributed by atoms with Gasteiger partial charge in [0.15, 0.2) is 0 Å². The van der Waals surface area contributed by atoms with Gasteiger partial charge in [0.1, 0.15) is 16.5 Å². The molecule has 1 aliphatic carbocycles. The van der Waals surface area contributed by atoms with Crippen LogP contribution >= 0.6 is 0 Å². The molecule has 6 nitrogen and oxygen atoms in total. The van der Waals surface area contributed by atoms with Gasteiger partial charge in [0.05, 0.1) is 17.9 Å². The third kappa shape index (κ3) is 2.92. The second-order valence-corrected chi connectivity index (χ2v) is 7.05. The van der Waals surface area contributed by atoms with E-state index in [0.29, 0.717) is 0 Å². The Bertz CT molecular complexity index is 782. The summed E-state index contributed by atoms with van der Waals surface area (Å²) in [5, 5.41) is 13.4. The molecule has 22 heavy (non-hydrogen) atoms. The molecule has 2 aromatic rings. The Morgan fingerprint density at radius 1 is 1.32 bits per heavy atom. The van der Waals surface area contributed by atoms with Gasteiger partial charge in [-0.15, -0.1) is 0 Å². The fraction of sp³-hybridized carbons (Fsp3) is 0.357. The topological polar surface area (TPSA) is 84.2 Å². The maximum Gasteiger partial charge on any atom is 0.265 e. The van der Waals surface area contributed by atoms with Crippen molar-refractivity contribution in [2.45, 2.75) is 36.6 Å². The molecule has 2 N–H and O–H groups in total. The van der Waals surface area contributed by atoms with Gasteiger partial charge < -0.3 is 5.11 Å². The maximum absolute atomic E-state index is 13.6. The van der Waals surface area contributed by atoms with Crippen molar-refractivity contribution < 1.29 is 17.9 Å². The number of benzene rings is 1. The molecule has 0 amide bonds. The standard InChI is InChI=1S/C14H16FN3O3S/c15-13-6-5-11(19)7-14(13)17-22(20,21)12-8-16-18(9-12)10-3-1-2-4-10/h5-10,17,19H,1-4H2. The minimum atomic E-state index is -3.95. The molecule has 1 aromatic carbocycles. The monoisotopic (exact) mass is 325 g/mol. The van der Waals surface area contributed by atoms with E-state index >= 15 is 0 Å². The summed E-state index contributed by atoms with van der Waals surface area (Å²) in [6.07, 6.45) is 6.89. The highest BCUT2D eigenvalue weighted by Crippen LogP contribution is 2.30. The number of aromatic hydroxyl groups is 1. The van der Waals surface area contributed by atoms with Crippen LogP contribution in [0.5, 0.6) is 5.75 Å². The summed E-state index contributed by atoms with van der Waals surface area (Å²) < 4.78 is 42.0. The molecule has 8 heteroatoms. The molecule has 0 aliphatic heterocycles. The first-order valence-corrected chi connectivity index (χ1v) is 8.49. The molecule has 3 rings (SSSR count). The molecule has 118 valence electrons. The number of hydrogen-bond donors (Lipinski definition) is 2. The van der Waals surface area contributed by atoms with Gasteiger partial charge in [-0.05, 0) is 25.0 Å². The summed E-state index contributed by atoms with van der Waals surface area (Å²) in [7, 11) is -3.95. The quantitative estimate of drug-likeness (QED) is 0.905. The van der Waals surface area contributed by atoms with Gasteiger partial charge in [0.2, 0.25) is 0 Å². The van der Waals surface area contributed by atoms with Gasteiger partial charge in [0.25, 0.3) is 10.0 Å². The summed E-state index contributed by atoms with van der Waals surface area (Å²) >= 11 is 0. The van der Waals surface area contributed by atoms with E-state index in [-0.39, 0.29) is 22.4 Å². The highest BCUT2D eigenvalue weighted by molar-refractivity contribution is 7.92. The van der Waals surface area contributed by atoms with E-state index in [1.165, 1.54) is 12.4 Å². The number of phenolic OH excluding ortho intramolecular Hbond substituents is 1. The number of anilines is 1. The lowest BCUT2D eigenvalue weighted by atomic mass is 10.3. The third-order valence-corrected chi connectivity index (χ3v) is 5.10. The van der Waals surface area contributed by atoms with Crippen LogP contribution in [0.3, 0.4) is 0 Å². The lowest BCUT2D eigenvalue weighted by Crippen LogP contribution is -2.13. The van der Waals surface area contributed by atoms with Crippen molar-refractivity contribution in [1.82, 2.24) is 9.78 Å². The first kappa shape index (κ1) is 14.8. The van der Waals surface area contributed by atoms with Gasteiger partial charge in [-0.3, -0.25) is 9.40 Å². The smallest absolute Gasteiger partial charge is 0.265 e. The van der Waals surface area contributed by atoms with Crippen molar-refractivity contribution in [2.24, 2.45) is 0 Å². The molecule has 0 radical (unpaired) electrons. The summed E-state index contributed by atoms with van der Waals surface area (Å²) in [6, 6.07) is 3.38. The summed E-state index contributed by atoms with van der Waals surface area (Å²) in [6.45, 7) is 0. The van der Waals surface area contributed by atoms with E-state index in [1.54, 1.807) is 4.68 Å². The van der Waals surface area contributed by atoms with Crippen LogP contribution < -0.4 is 4.72 Å². The van der Waals surface area contributed by atoms with Gasteiger partial charge in [0, 0.05) is 12.3 Å². The largest absolute Gasteiger partial charge is 0.508 e. The van der Waals surface area contributed by atoms with Crippen molar-refractivity contribution in [3.8, 4) is 5.75 Å². The first-order valence-electron chi connectivity index (χ1n) is 7.01. The fourth-order valence-electron chi connectivity index (χ4n) is 2.62. The van der Waals surface area contributed by atoms with Crippen LogP contribution in [0, 0.1) is 5.82 Å². The van der Waals surface area contributed by atoms with Gasteiger partial charge in [-0.2, -0.15) is 5.10 Å². The van der Waals surface area contributed by atoms with Crippen LogP contribution in [0.4, 0.5) is 10.1 Å². The summed E-state index contributed by atoms with van der Waals surface area (Å²) in [4.78, 5) is -0.0258. The number of hydrogen-bond acceptors (Lipinski definition) is 4. The zero-order valence-electron chi connectivity index (χ0n) is 11.7. The molecule has 1 aliphatic rings. The van der Waals surface area contributed by atoms with E-state index in [4.69, 9.17) is 0 Å². The van der Waals surface area contributed by atoms with Crippen LogP contribution in [0.25, 0.3) is 0 Å². The van der Waals surface area contributed by atoms with E-state index in [1.807, 2.05) is 0 Å². The summed E-state index contributed by atoms with van der Waals surface area (Å²) in [5.74, 6) is -0.981. The molecule has 0 atom stereocenters. The Balaban J connectivity index is 1.85. The molecule has 1 fully saturated rings. The van der Waals surface area contributed by atoms with Crippen LogP contribution in [0.1, 0.15) is 31.7 Å². The van der Waals surface area contributed by atoms with Gasteiger partial charge >= 0.3 is 0 Å². The predicted octanol–water partition coefficient (Wildman–Crippen LogP) is 2.64. The lowest BCUT2D eigenvalue weighted by Gasteiger charge is -2.09. The molecule has 1 saturated carbocycles. The number of halogens is 1. The second kappa shape index (κ2) is 5.60. The molecule has 1 aromatic heterocycles. The van der Waals surface area contributed by atoms with Crippen molar-refractivity contribution >= 4 is 15.7 Å². The number of phenols is 1. The Labute approximate surface area is 127 Å². The average Bonchev–Trinajstić information content (AvgIpc) is 3.12. The number of nitrogens with one attached hydrogen (secondary N) is 1. The Hall–Kier alpha value is -2.09. The van der Waals surface area contributed by atoms with Crippen LogP contribution in [0.2, 0.25) is 0 Å².